The highest BCUT2D eigenvalue weighted by Gasteiger charge is 2.24. The quantitative estimate of drug-likeness (QED) is 0.928. The molecule has 1 N–H and O–H groups in total. The number of amides is 2. The molecule has 2 amide bonds. The second kappa shape index (κ2) is 8.01. The number of nitrogens with zero attached hydrogens (tertiary/aromatic N) is 2. The summed E-state index contributed by atoms with van der Waals surface area (Å²) in [6, 6.07) is 10.1. The van der Waals surface area contributed by atoms with Gasteiger partial charge in [-0.3, -0.25) is 4.98 Å². The Labute approximate surface area is 149 Å². The lowest BCUT2D eigenvalue weighted by Crippen LogP contribution is -2.46. The highest BCUT2D eigenvalue weighted by molar-refractivity contribution is 5.74. The zero-order valence-corrected chi connectivity index (χ0v) is 14.9. The molecule has 1 fully saturated rings. The number of benzene rings is 1. The van der Waals surface area contributed by atoms with Gasteiger partial charge in [0.1, 0.15) is 11.9 Å². The van der Waals surface area contributed by atoms with Crippen LogP contribution in [0.5, 0.6) is 5.75 Å². The summed E-state index contributed by atoms with van der Waals surface area (Å²) in [5.41, 5.74) is 3.36. The maximum absolute atomic E-state index is 12.3. The number of hydrogen-bond donors (Lipinski definition) is 1. The lowest BCUT2D eigenvalue weighted by molar-refractivity contribution is 0.110. The minimum Gasteiger partial charge on any atom is -0.490 e. The average Bonchev–Trinajstić information content (AvgIpc) is 2.64. The number of aryl methyl sites for hydroxylation is 2. The summed E-state index contributed by atoms with van der Waals surface area (Å²) in [6.07, 6.45) is 5.38. The first-order valence-electron chi connectivity index (χ1n) is 8.77. The Morgan fingerprint density at radius 2 is 2.08 bits per heavy atom. The summed E-state index contributed by atoms with van der Waals surface area (Å²) in [7, 11) is 0. The van der Waals surface area contributed by atoms with E-state index in [1.165, 1.54) is 5.56 Å². The van der Waals surface area contributed by atoms with Crippen molar-refractivity contribution in [1.29, 1.82) is 0 Å². The number of aromatic nitrogens is 1. The van der Waals surface area contributed by atoms with Crippen LogP contribution in [0.3, 0.4) is 0 Å². The fourth-order valence-corrected chi connectivity index (χ4v) is 2.98. The van der Waals surface area contributed by atoms with E-state index < -0.39 is 0 Å². The molecule has 1 saturated heterocycles. The summed E-state index contributed by atoms with van der Waals surface area (Å²) in [5, 5.41) is 2.96. The van der Waals surface area contributed by atoms with Crippen LogP contribution in [-0.2, 0) is 6.54 Å². The second-order valence-electron chi connectivity index (χ2n) is 6.59. The third kappa shape index (κ3) is 4.72. The molecule has 0 unspecified atom stereocenters. The Bertz CT molecular complexity index is 710. The maximum atomic E-state index is 12.3. The molecule has 5 heteroatoms. The van der Waals surface area contributed by atoms with Crippen molar-refractivity contribution in [2.45, 2.75) is 39.3 Å². The molecule has 2 aromatic rings. The number of urea groups is 1. The first-order chi connectivity index (χ1) is 12.1. The maximum Gasteiger partial charge on any atom is 0.317 e. The van der Waals surface area contributed by atoms with Crippen molar-refractivity contribution in [3.8, 4) is 5.75 Å². The van der Waals surface area contributed by atoms with Gasteiger partial charge >= 0.3 is 6.03 Å². The molecule has 132 valence electrons. The number of ether oxygens (including phenoxy) is 1. The van der Waals surface area contributed by atoms with E-state index in [2.05, 4.69) is 42.3 Å². The van der Waals surface area contributed by atoms with Crippen LogP contribution in [0.4, 0.5) is 4.79 Å². The first-order valence-corrected chi connectivity index (χ1v) is 8.77. The van der Waals surface area contributed by atoms with Gasteiger partial charge in [0, 0.05) is 44.9 Å². The van der Waals surface area contributed by atoms with Gasteiger partial charge in [-0.2, -0.15) is 0 Å². The highest BCUT2D eigenvalue weighted by atomic mass is 16.5. The van der Waals surface area contributed by atoms with Gasteiger partial charge in [0.05, 0.1) is 0 Å². The molecule has 5 nitrogen and oxygen atoms in total. The molecule has 25 heavy (non-hydrogen) atoms. The van der Waals surface area contributed by atoms with E-state index in [9.17, 15) is 4.79 Å². The lowest BCUT2D eigenvalue weighted by atomic mass is 10.1. The molecule has 0 spiro atoms. The Hall–Kier alpha value is -2.56. The van der Waals surface area contributed by atoms with Crippen molar-refractivity contribution < 1.29 is 9.53 Å². The zero-order chi connectivity index (χ0) is 17.6. The third-order valence-corrected chi connectivity index (χ3v) is 4.53. The number of carbonyl (C=O) groups excluding carboxylic acids is 1. The van der Waals surface area contributed by atoms with Crippen LogP contribution in [-0.4, -0.2) is 35.1 Å². The van der Waals surface area contributed by atoms with E-state index in [1.54, 1.807) is 12.4 Å². The van der Waals surface area contributed by atoms with Gasteiger partial charge in [-0.05, 0) is 42.7 Å². The molecule has 1 aromatic heterocycles. The fraction of sp³-hybridized carbons (Fsp3) is 0.400. The van der Waals surface area contributed by atoms with Gasteiger partial charge in [0.25, 0.3) is 0 Å². The second-order valence-corrected chi connectivity index (χ2v) is 6.59. The molecule has 0 saturated carbocycles. The van der Waals surface area contributed by atoms with Gasteiger partial charge in [0.2, 0.25) is 0 Å². The smallest absolute Gasteiger partial charge is 0.317 e. The molecule has 0 radical (unpaired) electrons. The zero-order valence-electron chi connectivity index (χ0n) is 14.9. The number of pyridine rings is 1. The number of rotatable bonds is 4. The van der Waals surface area contributed by atoms with Crippen molar-refractivity contribution >= 4 is 6.03 Å². The molecule has 2 heterocycles. The lowest BCUT2D eigenvalue weighted by Gasteiger charge is -2.32. The summed E-state index contributed by atoms with van der Waals surface area (Å²) in [6.45, 7) is 6.08. The number of likely N-dealkylation sites (tertiary alicyclic amines) is 1. The van der Waals surface area contributed by atoms with Crippen LogP contribution >= 0.6 is 0 Å². The molecule has 3 rings (SSSR count). The Kier molecular flexibility index (Phi) is 5.53. The van der Waals surface area contributed by atoms with Crippen molar-refractivity contribution in [3.63, 3.8) is 0 Å². The van der Waals surface area contributed by atoms with Crippen molar-refractivity contribution in [2.24, 2.45) is 0 Å². The topological polar surface area (TPSA) is 54.5 Å². The number of piperidine rings is 1. The average molecular weight is 339 g/mol. The van der Waals surface area contributed by atoms with Gasteiger partial charge in [-0.15, -0.1) is 0 Å². The van der Waals surface area contributed by atoms with Crippen LogP contribution in [0.25, 0.3) is 0 Å². The molecule has 1 aliphatic rings. The summed E-state index contributed by atoms with van der Waals surface area (Å²) >= 11 is 0. The Morgan fingerprint density at radius 1 is 1.28 bits per heavy atom. The van der Waals surface area contributed by atoms with Crippen molar-refractivity contribution in [3.05, 3.63) is 59.4 Å². The highest BCUT2D eigenvalue weighted by Crippen LogP contribution is 2.24. The molecule has 0 aliphatic carbocycles. The summed E-state index contributed by atoms with van der Waals surface area (Å²) < 4.78 is 6.16. The Balaban J connectivity index is 1.46. The summed E-state index contributed by atoms with van der Waals surface area (Å²) in [4.78, 5) is 18.2. The minimum atomic E-state index is -0.0194. The predicted molar refractivity (Wildman–Crippen MR) is 97.6 cm³/mol. The van der Waals surface area contributed by atoms with E-state index in [1.807, 2.05) is 17.0 Å². The molecule has 0 atom stereocenters. The van der Waals surface area contributed by atoms with Crippen LogP contribution < -0.4 is 10.1 Å². The SMILES string of the molecule is Cc1ccc(C)c(OC2CCN(C(=O)NCc3cccnc3)CC2)c1. The largest absolute Gasteiger partial charge is 0.490 e. The Morgan fingerprint density at radius 3 is 2.80 bits per heavy atom. The molecular weight excluding hydrogens is 314 g/mol. The van der Waals surface area contributed by atoms with Crippen LogP contribution in [0, 0.1) is 13.8 Å². The predicted octanol–water partition coefficient (Wildman–Crippen LogP) is 3.45. The molecule has 1 aromatic carbocycles. The van der Waals surface area contributed by atoms with Gasteiger partial charge in [-0.1, -0.05) is 18.2 Å². The monoisotopic (exact) mass is 339 g/mol. The van der Waals surface area contributed by atoms with Gasteiger partial charge in [0.15, 0.2) is 0 Å². The van der Waals surface area contributed by atoms with Crippen molar-refractivity contribution in [2.75, 3.05) is 13.1 Å². The molecular formula is C20H25N3O2. The van der Waals surface area contributed by atoms with Crippen LogP contribution in [0.15, 0.2) is 42.7 Å². The van der Waals surface area contributed by atoms with E-state index in [0.717, 1.165) is 29.7 Å². The fourth-order valence-electron chi connectivity index (χ4n) is 2.98. The van der Waals surface area contributed by atoms with Crippen LogP contribution in [0.1, 0.15) is 29.5 Å². The van der Waals surface area contributed by atoms with Gasteiger partial charge in [-0.25, -0.2) is 4.79 Å². The first kappa shape index (κ1) is 17.3. The number of hydrogen-bond acceptors (Lipinski definition) is 3. The third-order valence-electron chi connectivity index (χ3n) is 4.53. The standard InChI is InChI=1S/C20H25N3O2/c1-15-5-6-16(2)19(12-15)25-18-7-10-23(11-8-18)20(24)22-14-17-4-3-9-21-13-17/h3-6,9,12-13,18H,7-8,10-11,14H2,1-2H3,(H,22,24). The molecule has 1 aliphatic heterocycles. The van der Waals surface area contributed by atoms with E-state index in [4.69, 9.17) is 4.74 Å². The number of nitrogens with one attached hydrogen (secondary N) is 1. The van der Waals surface area contributed by atoms with Gasteiger partial charge < -0.3 is 15.0 Å². The minimum absolute atomic E-state index is 0.0194. The normalized spacial score (nSPS) is 15.0. The van der Waals surface area contributed by atoms with Crippen molar-refractivity contribution in [1.82, 2.24) is 15.2 Å². The summed E-state index contributed by atoms with van der Waals surface area (Å²) in [5.74, 6) is 0.958. The van der Waals surface area contributed by atoms with E-state index in [-0.39, 0.29) is 12.1 Å². The van der Waals surface area contributed by atoms with Crippen LogP contribution in [0.2, 0.25) is 0 Å². The molecule has 0 bridgehead atoms. The van der Waals surface area contributed by atoms with E-state index >= 15 is 0 Å². The number of carbonyl (C=O) groups is 1. The van der Waals surface area contributed by atoms with E-state index in [0.29, 0.717) is 19.6 Å².